The van der Waals surface area contributed by atoms with Crippen LogP contribution in [-0.2, 0) is 0 Å². The van der Waals surface area contributed by atoms with Crippen molar-refractivity contribution >= 4 is 18.0 Å². The van der Waals surface area contributed by atoms with Gasteiger partial charge in [0, 0.05) is 20.1 Å². The van der Waals surface area contributed by atoms with Crippen molar-refractivity contribution in [1.29, 1.82) is 5.41 Å². The van der Waals surface area contributed by atoms with Crippen LogP contribution in [0.2, 0.25) is 0 Å². The first-order valence-corrected chi connectivity index (χ1v) is 8.40. The second-order valence-electron chi connectivity index (χ2n) is 5.99. The number of nitrogens with one attached hydrogen (secondary N) is 1. The Hall–Kier alpha value is -1.94. The Bertz CT molecular complexity index is 699. The minimum absolute atomic E-state index is 0.589. The smallest absolute Gasteiger partial charge is 0.123 e. The van der Waals surface area contributed by atoms with Crippen molar-refractivity contribution in [3.05, 3.63) is 39.9 Å². The van der Waals surface area contributed by atoms with Crippen molar-refractivity contribution < 1.29 is 0 Å². The standard InChI is InChI=1S/C19H28N4/c1-5-23(6-2)12-11-22(4)19(20)15(3)13-16-7-8-18-17(14-16)9-10-21-18/h7-9,13-14,20H,5-6,10-12H2,1-4H3/b15-13+,20-19?. The zero-order valence-electron chi connectivity index (χ0n) is 14.8. The fourth-order valence-corrected chi connectivity index (χ4v) is 2.78. The van der Waals surface area contributed by atoms with Crippen molar-refractivity contribution in [3.8, 4) is 0 Å². The molecule has 1 aliphatic rings. The van der Waals surface area contributed by atoms with E-state index in [0.29, 0.717) is 5.84 Å². The lowest BCUT2D eigenvalue weighted by Crippen LogP contribution is -2.36. The van der Waals surface area contributed by atoms with E-state index in [1.54, 1.807) is 0 Å². The fourth-order valence-electron chi connectivity index (χ4n) is 2.78. The minimum atomic E-state index is 0.589. The molecule has 0 spiro atoms. The number of amidine groups is 1. The van der Waals surface area contributed by atoms with Gasteiger partial charge in [0.25, 0.3) is 0 Å². The maximum absolute atomic E-state index is 8.37. The van der Waals surface area contributed by atoms with Gasteiger partial charge in [0.05, 0.1) is 11.9 Å². The number of hydrogen-bond donors (Lipinski definition) is 1. The molecule has 0 aliphatic carbocycles. The average Bonchev–Trinajstić information content (AvgIpc) is 3.02. The summed E-state index contributed by atoms with van der Waals surface area (Å²) < 4.78 is 0. The molecule has 1 aromatic rings. The van der Waals surface area contributed by atoms with E-state index in [1.165, 1.54) is 5.22 Å². The highest BCUT2D eigenvalue weighted by Crippen LogP contribution is 2.07. The maximum atomic E-state index is 8.37. The molecular formula is C19H28N4. The molecule has 0 atom stereocenters. The number of fused-ring (bicyclic) bond motifs is 1. The van der Waals surface area contributed by atoms with E-state index in [4.69, 9.17) is 5.41 Å². The van der Waals surface area contributed by atoms with Gasteiger partial charge in [0.1, 0.15) is 5.84 Å². The highest BCUT2D eigenvalue weighted by Gasteiger charge is 2.08. The summed E-state index contributed by atoms with van der Waals surface area (Å²) in [6.45, 7) is 11.1. The van der Waals surface area contributed by atoms with E-state index in [1.807, 2.05) is 18.9 Å². The van der Waals surface area contributed by atoms with E-state index in [0.717, 1.165) is 49.2 Å². The SMILES string of the molecule is CCN(CC)CCN(C)C(=N)/C(C)=C/c1ccc2c(c1)=CCN=2. The van der Waals surface area contributed by atoms with Crippen molar-refractivity contribution in [2.45, 2.75) is 20.8 Å². The summed E-state index contributed by atoms with van der Waals surface area (Å²) in [5.74, 6) is 0.589. The topological polar surface area (TPSA) is 42.7 Å². The zero-order valence-corrected chi connectivity index (χ0v) is 14.8. The third-order valence-corrected chi connectivity index (χ3v) is 4.41. The summed E-state index contributed by atoms with van der Waals surface area (Å²) in [4.78, 5) is 8.81. The van der Waals surface area contributed by atoms with Crippen LogP contribution in [0.5, 0.6) is 0 Å². The molecule has 0 saturated heterocycles. The molecule has 1 heterocycles. The molecule has 0 aromatic heterocycles. The van der Waals surface area contributed by atoms with Gasteiger partial charge in [-0.2, -0.15) is 0 Å². The average molecular weight is 312 g/mol. The van der Waals surface area contributed by atoms with Gasteiger partial charge in [0.2, 0.25) is 0 Å². The summed E-state index contributed by atoms with van der Waals surface area (Å²) >= 11 is 0. The third-order valence-electron chi connectivity index (χ3n) is 4.41. The fraction of sp³-hybridized carbons (Fsp3) is 0.474. The Morgan fingerprint density at radius 3 is 2.70 bits per heavy atom. The molecule has 0 saturated carbocycles. The van der Waals surface area contributed by atoms with Crippen LogP contribution in [0.3, 0.4) is 0 Å². The summed E-state index contributed by atoms with van der Waals surface area (Å²) in [5.41, 5.74) is 2.12. The lowest BCUT2D eigenvalue weighted by molar-refractivity contribution is 0.280. The summed E-state index contributed by atoms with van der Waals surface area (Å²) in [6.07, 6.45) is 4.23. The van der Waals surface area contributed by atoms with E-state index in [2.05, 4.69) is 54.1 Å². The van der Waals surface area contributed by atoms with Crippen molar-refractivity contribution in [3.63, 3.8) is 0 Å². The van der Waals surface area contributed by atoms with Gasteiger partial charge in [-0.3, -0.25) is 10.4 Å². The van der Waals surface area contributed by atoms with Crippen LogP contribution >= 0.6 is 0 Å². The number of benzene rings is 1. The van der Waals surface area contributed by atoms with E-state index >= 15 is 0 Å². The van der Waals surface area contributed by atoms with Gasteiger partial charge in [-0.05, 0) is 54.6 Å². The zero-order chi connectivity index (χ0) is 16.8. The molecule has 0 unspecified atom stereocenters. The van der Waals surface area contributed by atoms with E-state index in [9.17, 15) is 0 Å². The van der Waals surface area contributed by atoms with Crippen molar-refractivity contribution in [2.75, 3.05) is 39.8 Å². The van der Waals surface area contributed by atoms with Gasteiger partial charge in [-0.25, -0.2) is 0 Å². The quantitative estimate of drug-likeness (QED) is 0.616. The summed E-state index contributed by atoms with van der Waals surface area (Å²) in [5, 5.41) is 10.7. The normalized spacial score (nSPS) is 13.5. The molecule has 0 bridgehead atoms. The first-order valence-electron chi connectivity index (χ1n) is 8.40. The molecule has 0 fully saturated rings. The molecule has 1 aromatic carbocycles. The summed E-state index contributed by atoms with van der Waals surface area (Å²) in [6, 6.07) is 6.29. The first-order chi connectivity index (χ1) is 11.0. The number of hydrogen-bond acceptors (Lipinski definition) is 3. The monoisotopic (exact) mass is 312 g/mol. The highest BCUT2D eigenvalue weighted by atomic mass is 15.2. The second-order valence-corrected chi connectivity index (χ2v) is 5.99. The van der Waals surface area contributed by atoms with Gasteiger partial charge in [0.15, 0.2) is 0 Å². The predicted octanol–water partition coefficient (Wildman–Crippen LogP) is 1.75. The van der Waals surface area contributed by atoms with E-state index in [-0.39, 0.29) is 0 Å². The van der Waals surface area contributed by atoms with Crippen molar-refractivity contribution in [2.24, 2.45) is 4.99 Å². The lowest BCUT2D eigenvalue weighted by atomic mass is 10.1. The Balaban J connectivity index is 2.02. The predicted molar refractivity (Wildman–Crippen MR) is 98.4 cm³/mol. The summed E-state index contributed by atoms with van der Waals surface area (Å²) in [7, 11) is 2.00. The molecular weight excluding hydrogens is 284 g/mol. The molecule has 4 heteroatoms. The number of rotatable bonds is 7. The Morgan fingerprint density at radius 1 is 1.26 bits per heavy atom. The van der Waals surface area contributed by atoms with Crippen LogP contribution < -0.4 is 10.6 Å². The number of likely N-dealkylation sites (N-methyl/N-ethyl adjacent to an activating group) is 2. The van der Waals surface area contributed by atoms with Crippen LogP contribution in [-0.4, -0.2) is 55.4 Å². The van der Waals surface area contributed by atoms with Crippen LogP contribution in [0.1, 0.15) is 26.3 Å². The molecule has 4 nitrogen and oxygen atoms in total. The van der Waals surface area contributed by atoms with Crippen LogP contribution in [0, 0.1) is 5.41 Å². The van der Waals surface area contributed by atoms with Gasteiger partial charge >= 0.3 is 0 Å². The third kappa shape index (κ3) is 4.52. The molecule has 2 rings (SSSR count). The van der Waals surface area contributed by atoms with Crippen LogP contribution in [0.15, 0.2) is 28.8 Å². The van der Waals surface area contributed by atoms with E-state index < -0.39 is 0 Å². The molecule has 23 heavy (non-hydrogen) atoms. The first kappa shape index (κ1) is 17.4. The van der Waals surface area contributed by atoms with Gasteiger partial charge in [-0.1, -0.05) is 26.0 Å². The Labute approximate surface area is 139 Å². The maximum Gasteiger partial charge on any atom is 0.123 e. The minimum Gasteiger partial charge on any atom is -0.359 e. The lowest BCUT2D eigenvalue weighted by Gasteiger charge is -2.25. The molecule has 0 amide bonds. The van der Waals surface area contributed by atoms with Gasteiger partial charge < -0.3 is 9.80 Å². The van der Waals surface area contributed by atoms with Crippen molar-refractivity contribution in [1.82, 2.24) is 9.80 Å². The molecule has 124 valence electrons. The van der Waals surface area contributed by atoms with Gasteiger partial charge in [-0.15, -0.1) is 0 Å². The van der Waals surface area contributed by atoms with Crippen LogP contribution in [0.4, 0.5) is 0 Å². The number of nitrogens with zero attached hydrogens (tertiary/aromatic N) is 3. The molecule has 1 N–H and O–H groups in total. The Morgan fingerprint density at radius 2 is 2.00 bits per heavy atom. The largest absolute Gasteiger partial charge is 0.359 e. The molecule has 1 aliphatic heterocycles. The highest BCUT2D eigenvalue weighted by molar-refractivity contribution is 5.99. The Kier molecular flexibility index (Phi) is 6.11. The molecule has 0 radical (unpaired) electrons. The second kappa shape index (κ2) is 8.06. The van der Waals surface area contributed by atoms with Crippen LogP contribution in [0.25, 0.3) is 12.2 Å².